The average molecular weight is 181 g/mol. The van der Waals surface area contributed by atoms with Crippen LogP contribution in [0, 0.1) is 0 Å². The summed E-state index contributed by atoms with van der Waals surface area (Å²) >= 11 is 0. The normalized spacial score (nSPS) is 12.8. The second-order valence-corrected chi connectivity index (χ2v) is 2.89. The summed E-state index contributed by atoms with van der Waals surface area (Å²) in [4.78, 5) is 7.86. The Hall–Kier alpha value is -1.00. The van der Waals surface area contributed by atoms with Crippen molar-refractivity contribution in [3.05, 3.63) is 24.3 Å². The van der Waals surface area contributed by atoms with Gasteiger partial charge in [-0.15, -0.1) is 0 Å². The molecule has 2 N–H and O–H groups in total. The maximum Gasteiger partial charge on any atom is 0.115 e. The fraction of sp³-hybridized carbons (Fsp3) is 0.556. The van der Waals surface area contributed by atoms with Crippen LogP contribution < -0.4 is 5.32 Å². The van der Waals surface area contributed by atoms with Gasteiger partial charge >= 0.3 is 0 Å². The minimum atomic E-state index is -0.262. The lowest BCUT2D eigenvalue weighted by Crippen LogP contribution is -2.25. The van der Waals surface area contributed by atoms with Gasteiger partial charge in [-0.25, -0.2) is 9.97 Å². The Morgan fingerprint density at radius 3 is 3.08 bits per heavy atom. The molecule has 4 heteroatoms. The van der Waals surface area contributed by atoms with Crippen LogP contribution in [0.25, 0.3) is 0 Å². The Balaban J connectivity index is 2.20. The largest absolute Gasteiger partial charge is 0.392 e. The van der Waals surface area contributed by atoms with Crippen LogP contribution in [0.3, 0.4) is 0 Å². The third-order valence-corrected chi connectivity index (χ3v) is 1.80. The Labute approximate surface area is 78.0 Å². The van der Waals surface area contributed by atoms with Gasteiger partial charge in [0.15, 0.2) is 0 Å². The highest BCUT2D eigenvalue weighted by Gasteiger charge is 1.99. The number of hydrogen-bond donors (Lipinski definition) is 2. The van der Waals surface area contributed by atoms with E-state index in [2.05, 4.69) is 15.3 Å². The lowest BCUT2D eigenvalue weighted by atomic mass is 10.3. The molecule has 0 saturated heterocycles. The SMILES string of the molecule is CCC(O)CNCc1ccncn1. The summed E-state index contributed by atoms with van der Waals surface area (Å²) in [6.07, 6.45) is 3.74. The van der Waals surface area contributed by atoms with Gasteiger partial charge in [0.1, 0.15) is 6.33 Å². The lowest BCUT2D eigenvalue weighted by molar-refractivity contribution is 0.167. The molecule has 0 aliphatic rings. The molecule has 4 nitrogen and oxygen atoms in total. The summed E-state index contributed by atoms with van der Waals surface area (Å²) in [6, 6.07) is 1.85. The van der Waals surface area contributed by atoms with Gasteiger partial charge in [-0.2, -0.15) is 0 Å². The molecule has 13 heavy (non-hydrogen) atoms. The maximum atomic E-state index is 9.24. The highest BCUT2D eigenvalue weighted by Crippen LogP contribution is 1.91. The fourth-order valence-corrected chi connectivity index (χ4v) is 0.934. The Morgan fingerprint density at radius 2 is 2.46 bits per heavy atom. The maximum absolute atomic E-state index is 9.24. The summed E-state index contributed by atoms with van der Waals surface area (Å²) in [5.41, 5.74) is 0.943. The van der Waals surface area contributed by atoms with Crippen molar-refractivity contribution in [1.82, 2.24) is 15.3 Å². The first kappa shape index (κ1) is 10.1. The van der Waals surface area contributed by atoms with Crippen molar-refractivity contribution in [2.24, 2.45) is 0 Å². The molecule has 0 fully saturated rings. The number of rotatable bonds is 5. The van der Waals surface area contributed by atoms with Crippen molar-refractivity contribution in [2.45, 2.75) is 26.0 Å². The molecular weight excluding hydrogens is 166 g/mol. The highest BCUT2D eigenvalue weighted by molar-refractivity contribution is 4.96. The van der Waals surface area contributed by atoms with E-state index in [4.69, 9.17) is 0 Å². The van der Waals surface area contributed by atoms with Gasteiger partial charge in [0.05, 0.1) is 11.8 Å². The smallest absolute Gasteiger partial charge is 0.115 e. The Bertz CT molecular complexity index is 228. The summed E-state index contributed by atoms with van der Waals surface area (Å²) in [7, 11) is 0. The predicted molar refractivity (Wildman–Crippen MR) is 50.0 cm³/mol. The molecule has 0 aromatic carbocycles. The van der Waals surface area contributed by atoms with E-state index in [1.165, 1.54) is 6.33 Å². The van der Waals surface area contributed by atoms with E-state index in [1.54, 1.807) is 6.20 Å². The zero-order valence-corrected chi connectivity index (χ0v) is 7.77. The van der Waals surface area contributed by atoms with Crippen LogP contribution >= 0.6 is 0 Å². The number of aromatic nitrogens is 2. The number of aliphatic hydroxyl groups is 1. The second-order valence-electron chi connectivity index (χ2n) is 2.89. The molecule has 1 heterocycles. The molecular formula is C9H15N3O. The van der Waals surface area contributed by atoms with E-state index in [-0.39, 0.29) is 6.10 Å². The first-order chi connectivity index (χ1) is 6.33. The first-order valence-corrected chi connectivity index (χ1v) is 4.46. The third kappa shape index (κ3) is 3.96. The van der Waals surface area contributed by atoms with Gasteiger partial charge < -0.3 is 10.4 Å². The van der Waals surface area contributed by atoms with E-state index in [9.17, 15) is 5.11 Å². The van der Waals surface area contributed by atoms with Crippen molar-refractivity contribution in [3.8, 4) is 0 Å². The van der Waals surface area contributed by atoms with Crippen molar-refractivity contribution in [2.75, 3.05) is 6.54 Å². The minimum Gasteiger partial charge on any atom is -0.392 e. The highest BCUT2D eigenvalue weighted by atomic mass is 16.3. The standard InChI is InChI=1S/C9H15N3O/c1-2-9(13)6-11-5-8-3-4-10-7-12-8/h3-4,7,9,11,13H,2,5-6H2,1H3. The molecule has 0 bridgehead atoms. The van der Waals surface area contributed by atoms with Gasteiger partial charge in [0.2, 0.25) is 0 Å². The molecule has 1 aromatic heterocycles. The first-order valence-electron chi connectivity index (χ1n) is 4.46. The zero-order valence-electron chi connectivity index (χ0n) is 7.77. The van der Waals surface area contributed by atoms with Gasteiger partial charge in [-0.3, -0.25) is 0 Å². The van der Waals surface area contributed by atoms with E-state index in [0.29, 0.717) is 13.1 Å². The second kappa shape index (κ2) is 5.61. The molecule has 0 aliphatic carbocycles. The van der Waals surface area contributed by atoms with E-state index in [1.807, 2.05) is 13.0 Å². The fourth-order valence-electron chi connectivity index (χ4n) is 0.934. The number of nitrogens with zero attached hydrogens (tertiary/aromatic N) is 2. The zero-order chi connectivity index (χ0) is 9.52. The lowest BCUT2D eigenvalue weighted by Gasteiger charge is -2.08. The van der Waals surface area contributed by atoms with Crippen LogP contribution in [0.5, 0.6) is 0 Å². The van der Waals surface area contributed by atoms with Crippen molar-refractivity contribution >= 4 is 0 Å². The molecule has 0 radical (unpaired) electrons. The van der Waals surface area contributed by atoms with Gasteiger partial charge in [-0.1, -0.05) is 6.92 Å². The molecule has 1 atom stereocenters. The van der Waals surface area contributed by atoms with Gasteiger partial charge in [-0.05, 0) is 12.5 Å². The average Bonchev–Trinajstić information content (AvgIpc) is 2.19. The molecule has 0 spiro atoms. The van der Waals surface area contributed by atoms with E-state index >= 15 is 0 Å². The predicted octanol–water partition coefficient (Wildman–Crippen LogP) is 0.337. The van der Waals surface area contributed by atoms with Gasteiger partial charge in [0, 0.05) is 19.3 Å². The molecule has 0 amide bonds. The molecule has 1 rings (SSSR count). The van der Waals surface area contributed by atoms with Crippen LogP contribution in [0.15, 0.2) is 18.6 Å². The van der Waals surface area contributed by atoms with Crippen LogP contribution in [0.2, 0.25) is 0 Å². The molecule has 0 aliphatic heterocycles. The van der Waals surface area contributed by atoms with Crippen LogP contribution in [-0.4, -0.2) is 27.7 Å². The molecule has 1 aromatic rings. The summed E-state index contributed by atoms with van der Waals surface area (Å²) in [5.74, 6) is 0. The van der Waals surface area contributed by atoms with Crippen molar-refractivity contribution in [3.63, 3.8) is 0 Å². The number of nitrogens with one attached hydrogen (secondary N) is 1. The summed E-state index contributed by atoms with van der Waals surface area (Å²) in [6.45, 7) is 3.25. The van der Waals surface area contributed by atoms with E-state index in [0.717, 1.165) is 12.1 Å². The topological polar surface area (TPSA) is 58.0 Å². The van der Waals surface area contributed by atoms with Gasteiger partial charge in [0.25, 0.3) is 0 Å². The Morgan fingerprint density at radius 1 is 1.62 bits per heavy atom. The van der Waals surface area contributed by atoms with Crippen molar-refractivity contribution < 1.29 is 5.11 Å². The minimum absolute atomic E-state index is 0.262. The van der Waals surface area contributed by atoms with Crippen LogP contribution in [0.1, 0.15) is 19.0 Å². The molecule has 0 saturated carbocycles. The summed E-state index contributed by atoms with van der Waals surface area (Å²) < 4.78 is 0. The van der Waals surface area contributed by atoms with Crippen molar-refractivity contribution in [1.29, 1.82) is 0 Å². The monoisotopic (exact) mass is 181 g/mol. The van der Waals surface area contributed by atoms with Crippen LogP contribution in [0.4, 0.5) is 0 Å². The van der Waals surface area contributed by atoms with Crippen LogP contribution in [-0.2, 0) is 6.54 Å². The number of aliphatic hydroxyl groups excluding tert-OH is 1. The molecule has 1 unspecified atom stereocenters. The molecule has 72 valence electrons. The quantitative estimate of drug-likeness (QED) is 0.687. The number of hydrogen-bond acceptors (Lipinski definition) is 4. The summed E-state index contributed by atoms with van der Waals surface area (Å²) in [5, 5.41) is 12.4. The Kier molecular flexibility index (Phi) is 4.35. The third-order valence-electron chi connectivity index (χ3n) is 1.80. The van der Waals surface area contributed by atoms with E-state index < -0.39 is 0 Å².